The van der Waals surface area contributed by atoms with Gasteiger partial charge in [0.2, 0.25) is 0 Å². The van der Waals surface area contributed by atoms with Crippen LogP contribution in [0.3, 0.4) is 0 Å². The first-order valence-electron chi connectivity index (χ1n) is 9.38. The highest BCUT2D eigenvalue weighted by atomic mass is 32.2. The summed E-state index contributed by atoms with van der Waals surface area (Å²) in [5.74, 6) is 2.56. The van der Waals surface area contributed by atoms with E-state index in [1.165, 1.54) is 18.4 Å². The topological polar surface area (TPSA) is 71.2 Å². The Balaban J connectivity index is 1.61. The van der Waals surface area contributed by atoms with Gasteiger partial charge in [-0.2, -0.15) is 0 Å². The molecular formula is C19H28N6S. The van der Waals surface area contributed by atoms with Gasteiger partial charge in [-0.1, -0.05) is 25.1 Å². The lowest BCUT2D eigenvalue weighted by Crippen LogP contribution is -2.31. The fourth-order valence-corrected chi connectivity index (χ4v) is 4.01. The van der Waals surface area contributed by atoms with Crippen LogP contribution in [0, 0.1) is 0 Å². The molecular weight excluding hydrogens is 344 g/mol. The summed E-state index contributed by atoms with van der Waals surface area (Å²) < 4.78 is 0. The van der Waals surface area contributed by atoms with Gasteiger partial charge in [-0.3, -0.25) is 9.88 Å². The lowest BCUT2D eigenvalue weighted by atomic mass is 10.2. The number of unbranched alkanes of at least 4 members (excludes halogenated alkanes) is 1. The molecule has 1 aliphatic heterocycles. The number of nitrogens with two attached hydrogens (primary N) is 1. The van der Waals surface area contributed by atoms with Gasteiger partial charge in [-0.25, -0.2) is 9.97 Å². The fraction of sp³-hybridized carbons (Fsp3) is 0.526. The lowest BCUT2D eigenvalue weighted by Gasteiger charge is -2.23. The number of hydrogen-bond acceptors (Lipinski definition) is 7. The zero-order valence-corrected chi connectivity index (χ0v) is 16.3. The Morgan fingerprint density at radius 3 is 2.77 bits per heavy atom. The van der Waals surface area contributed by atoms with Crippen molar-refractivity contribution < 1.29 is 0 Å². The van der Waals surface area contributed by atoms with Gasteiger partial charge in [0.05, 0.1) is 0 Å². The van der Waals surface area contributed by atoms with Crippen molar-refractivity contribution in [3.63, 3.8) is 0 Å². The summed E-state index contributed by atoms with van der Waals surface area (Å²) in [4.78, 5) is 18.1. The Hall–Kier alpha value is -1.86. The van der Waals surface area contributed by atoms with E-state index in [9.17, 15) is 0 Å². The number of anilines is 2. The van der Waals surface area contributed by atoms with Crippen molar-refractivity contribution in [3.05, 3.63) is 36.2 Å². The van der Waals surface area contributed by atoms with Crippen molar-refractivity contribution in [1.82, 2.24) is 19.9 Å². The molecule has 0 aliphatic carbocycles. The van der Waals surface area contributed by atoms with Gasteiger partial charge in [0, 0.05) is 56.9 Å². The van der Waals surface area contributed by atoms with Crippen LogP contribution in [-0.2, 0) is 6.54 Å². The number of thioether (sulfide) groups is 1. The fourth-order valence-electron chi connectivity index (χ4n) is 3.07. The smallest absolute Gasteiger partial charge is 0.191 e. The van der Waals surface area contributed by atoms with E-state index in [4.69, 9.17) is 10.7 Å². The van der Waals surface area contributed by atoms with Crippen molar-refractivity contribution in [2.24, 2.45) is 0 Å². The van der Waals surface area contributed by atoms with Crippen LogP contribution in [-0.4, -0.2) is 51.8 Å². The van der Waals surface area contributed by atoms with E-state index in [2.05, 4.69) is 38.8 Å². The van der Waals surface area contributed by atoms with E-state index in [0.717, 1.165) is 55.9 Å². The monoisotopic (exact) mass is 372 g/mol. The highest BCUT2D eigenvalue weighted by molar-refractivity contribution is 7.99. The zero-order valence-electron chi connectivity index (χ0n) is 15.5. The molecule has 0 amide bonds. The second-order valence-electron chi connectivity index (χ2n) is 6.61. The Labute approximate surface area is 160 Å². The summed E-state index contributed by atoms with van der Waals surface area (Å²) in [5.41, 5.74) is 7.35. The minimum Gasteiger partial charge on any atom is -0.383 e. The van der Waals surface area contributed by atoms with Crippen LogP contribution in [0.5, 0.6) is 0 Å². The van der Waals surface area contributed by atoms with Crippen molar-refractivity contribution in [1.29, 1.82) is 0 Å². The molecule has 1 saturated heterocycles. The van der Waals surface area contributed by atoms with Gasteiger partial charge >= 0.3 is 0 Å². The molecule has 6 nitrogen and oxygen atoms in total. The molecule has 2 aromatic heterocycles. The van der Waals surface area contributed by atoms with Gasteiger partial charge in [-0.15, -0.1) is 0 Å². The van der Waals surface area contributed by atoms with Gasteiger partial charge in [-0.05, 0) is 30.5 Å². The number of aromatic nitrogens is 3. The van der Waals surface area contributed by atoms with E-state index in [1.807, 2.05) is 18.5 Å². The van der Waals surface area contributed by atoms with Crippen molar-refractivity contribution in [2.75, 3.05) is 42.6 Å². The molecule has 3 rings (SSSR count). The SMILES string of the molecule is CCCCSc1nc(N)cc(N2CCCN(Cc3ccncc3)CC2)n1. The minimum absolute atomic E-state index is 0.562. The van der Waals surface area contributed by atoms with Crippen LogP contribution in [0.15, 0.2) is 35.7 Å². The maximum Gasteiger partial charge on any atom is 0.191 e. The molecule has 1 fully saturated rings. The molecule has 140 valence electrons. The van der Waals surface area contributed by atoms with E-state index in [0.29, 0.717) is 5.82 Å². The Morgan fingerprint density at radius 1 is 1.12 bits per heavy atom. The number of hydrogen-bond donors (Lipinski definition) is 1. The molecule has 0 atom stereocenters. The molecule has 0 unspecified atom stereocenters. The number of rotatable bonds is 7. The van der Waals surface area contributed by atoms with E-state index >= 15 is 0 Å². The molecule has 0 saturated carbocycles. The molecule has 2 N–H and O–H groups in total. The normalized spacial score (nSPS) is 15.8. The van der Waals surface area contributed by atoms with Crippen LogP contribution in [0.4, 0.5) is 11.6 Å². The Bertz CT molecular complexity index is 681. The molecule has 0 spiro atoms. The molecule has 0 radical (unpaired) electrons. The molecule has 1 aliphatic rings. The first kappa shape index (κ1) is 18.9. The summed E-state index contributed by atoms with van der Waals surface area (Å²) in [5, 5.41) is 0.798. The Kier molecular flexibility index (Phi) is 7.08. The first-order valence-corrected chi connectivity index (χ1v) is 10.4. The number of pyridine rings is 1. The summed E-state index contributed by atoms with van der Waals surface area (Å²) in [6, 6.07) is 6.09. The van der Waals surface area contributed by atoms with E-state index < -0.39 is 0 Å². The average molecular weight is 373 g/mol. The molecule has 0 aromatic carbocycles. The zero-order chi connectivity index (χ0) is 18.2. The van der Waals surface area contributed by atoms with Crippen LogP contribution in [0.25, 0.3) is 0 Å². The summed E-state index contributed by atoms with van der Waals surface area (Å²) >= 11 is 1.70. The average Bonchev–Trinajstić information content (AvgIpc) is 2.88. The molecule has 0 bridgehead atoms. The van der Waals surface area contributed by atoms with Crippen LogP contribution in [0.1, 0.15) is 31.7 Å². The molecule has 7 heteroatoms. The largest absolute Gasteiger partial charge is 0.383 e. The first-order chi connectivity index (χ1) is 12.7. The number of nitrogen functional groups attached to an aromatic ring is 1. The van der Waals surface area contributed by atoms with Crippen molar-refractivity contribution >= 4 is 23.4 Å². The van der Waals surface area contributed by atoms with Crippen molar-refractivity contribution in [3.8, 4) is 0 Å². The maximum absolute atomic E-state index is 6.03. The standard InChI is InChI=1S/C19H28N6S/c1-2-3-13-26-19-22-17(20)14-18(23-19)25-10-4-9-24(11-12-25)15-16-5-7-21-8-6-16/h5-8,14H,2-4,9-13,15H2,1H3,(H2,20,22,23). The predicted octanol–water partition coefficient (Wildman–Crippen LogP) is 3.06. The second kappa shape index (κ2) is 9.73. The number of nitrogens with zero attached hydrogens (tertiary/aromatic N) is 5. The third kappa shape index (κ3) is 5.57. The molecule has 2 aromatic rings. The van der Waals surface area contributed by atoms with E-state index in [1.54, 1.807) is 11.8 Å². The highest BCUT2D eigenvalue weighted by Gasteiger charge is 2.17. The highest BCUT2D eigenvalue weighted by Crippen LogP contribution is 2.22. The van der Waals surface area contributed by atoms with Crippen molar-refractivity contribution in [2.45, 2.75) is 37.9 Å². The van der Waals surface area contributed by atoms with Crippen LogP contribution in [0.2, 0.25) is 0 Å². The van der Waals surface area contributed by atoms with Gasteiger partial charge in [0.1, 0.15) is 11.6 Å². The summed E-state index contributed by atoms with van der Waals surface area (Å²) in [6.07, 6.45) is 7.20. The minimum atomic E-state index is 0.562. The van der Waals surface area contributed by atoms with Crippen LogP contribution >= 0.6 is 11.8 Å². The molecule has 3 heterocycles. The van der Waals surface area contributed by atoms with Crippen LogP contribution < -0.4 is 10.6 Å². The van der Waals surface area contributed by atoms with Gasteiger partial charge < -0.3 is 10.6 Å². The summed E-state index contributed by atoms with van der Waals surface area (Å²) in [7, 11) is 0. The third-order valence-electron chi connectivity index (χ3n) is 4.51. The Morgan fingerprint density at radius 2 is 1.96 bits per heavy atom. The van der Waals surface area contributed by atoms with Gasteiger partial charge in [0.15, 0.2) is 5.16 Å². The molecule has 26 heavy (non-hydrogen) atoms. The summed E-state index contributed by atoms with van der Waals surface area (Å²) in [6.45, 7) is 7.24. The van der Waals surface area contributed by atoms with E-state index in [-0.39, 0.29) is 0 Å². The maximum atomic E-state index is 6.03. The lowest BCUT2D eigenvalue weighted by molar-refractivity contribution is 0.285. The quantitative estimate of drug-likeness (QED) is 0.455. The predicted molar refractivity (Wildman–Crippen MR) is 108 cm³/mol. The second-order valence-corrected chi connectivity index (χ2v) is 7.67. The van der Waals surface area contributed by atoms with Gasteiger partial charge in [0.25, 0.3) is 0 Å². The third-order valence-corrected chi connectivity index (χ3v) is 5.44.